The second kappa shape index (κ2) is 9.64. The second-order valence-corrected chi connectivity index (χ2v) is 8.35. The number of carbonyl (C=O) groups excluding carboxylic acids is 2. The molecule has 0 bridgehead atoms. The number of morpholine rings is 1. The number of benzene rings is 1. The van der Waals surface area contributed by atoms with Crippen molar-refractivity contribution in [3.8, 4) is 11.4 Å². The van der Waals surface area contributed by atoms with Crippen molar-refractivity contribution in [3.05, 3.63) is 60.3 Å². The van der Waals surface area contributed by atoms with Gasteiger partial charge < -0.3 is 14.5 Å². The average Bonchev–Trinajstić information content (AvgIpc) is 2.89. The maximum atomic E-state index is 13.5. The Kier molecular flexibility index (Phi) is 6.28. The summed E-state index contributed by atoms with van der Waals surface area (Å²) < 4.78 is 5.36. The zero-order valence-electron chi connectivity index (χ0n) is 18.5. The molecular weight excluding hydrogens is 418 g/mol. The third kappa shape index (κ3) is 4.72. The highest BCUT2D eigenvalue weighted by Crippen LogP contribution is 2.25. The summed E-state index contributed by atoms with van der Waals surface area (Å²) in [6.45, 7) is 5.48. The number of amides is 2. The van der Waals surface area contributed by atoms with Gasteiger partial charge in [-0.15, -0.1) is 0 Å². The lowest BCUT2D eigenvalue weighted by molar-refractivity contribution is -0.134. The minimum Gasteiger partial charge on any atom is -0.379 e. The first-order chi connectivity index (χ1) is 16.2. The molecule has 0 atom stereocenters. The molecule has 0 unspecified atom stereocenters. The molecule has 2 aliphatic heterocycles. The molecule has 0 N–H and O–H groups in total. The van der Waals surface area contributed by atoms with Crippen LogP contribution in [0, 0.1) is 0 Å². The molecule has 0 saturated carbocycles. The molecule has 2 saturated heterocycles. The van der Waals surface area contributed by atoms with E-state index in [0.717, 1.165) is 29.7 Å². The Labute approximate surface area is 192 Å². The van der Waals surface area contributed by atoms with Gasteiger partial charge in [0.1, 0.15) is 0 Å². The SMILES string of the molecule is O=C(CN1CCOCC1)N1CCN(C(=O)c2cc(-c3ccccn3)nc3ccccc23)CC1. The Morgan fingerprint density at radius 3 is 2.33 bits per heavy atom. The van der Waals surface area contributed by atoms with Crippen LogP contribution in [0.25, 0.3) is 22.3 Å². The van der Waals surface area contributed by atoms with E-state index in [1.807, 2.05) is 58.3 Å². The Bertz CT molecular complexity index is 1140. The first-order valence-corrected chi connectivity index (χ1v) is 11.4. The molecule has 0 aliphatic carbocycles. The van der Waals surface area contributed by atoms with Gasteiger partial charge in [0.2, 0.25) is 5.91 Å². The van der Waals surface area contributed by atoms with Crippen LogP contribution in [0.2, 0.25) is 0 Å². The molecule has 2 amide bonds. The van der Waals surface area contributed by atoms with Gasteiger partial charge in [0, 0.05) is 50.9 Å². The lowest BCUT2D eigenvalue weighted by Gasteiger charge is -2.36. The highest BCUT2D eigenvalue weighted by atomic mass is 16.5. The van der Waals surface area contributed by atoms with Crippen LogP contribution in [-0.4, -0.2) is 95.5 Å². The Hall–Kier alpha value is -3.36. The van der Waals surface area contributed by atoms with Gasteiger partial charge in [0.15, 0.2) is 0 Å². The summed E-state index contributed by atoms with van der Waals surface area (Å²) in [7, 11) is 0. The number of hydrogen-bond donors (Lipinski definition) is 0. The molecular formula is C25H27N5O3. The van der Waals surface area contributed by atoms with Crippen LogP contribution in [0.3, 0.4) is 0 Å². The average molecular weight is 446 g/mol. The number of nitrogens with zero attached hydrogens (tertiary/aromatic N) is 5. The van der Waals surface area contributed by atoms with Gasteiger partial charge in [-0.25, -0.2) is 4.98 Å². The van der Waals surface area contributed by atoms with E-state index >= 15 is 0 Å². The van der Waals surface area contributed by atoms with Crippen molar-refractivity contribution in [3.63, 3.8) is 0 Å². The largest absolute Gasteiger partial charge is 0.379 e. The van der Waals surface area contributed by atoms with E-state index in [-0.39, 0.29) is 11.8 Å². The van der Waals surface area contributed by atoms with Crippen LogP contribution in [-0.2, 0) is 9.53 Å². The maximum absolute atomic E-state index is 13.5. The summed E-state index contributed by atoms with van der Waals surface area (Å²) in [6.07, 6.45) is 1.72. The van der Waals surface area contributed by atoms with E-state index in [1.54, 1.807) is 6.20 Å². The molecule has 5 rings (SSSR count). The number of fused-ring (bicyclic) bond motifs is 1. The van der Waals surface area contributed by atoms with Crippen LogP contribution < -0.4 is 0 Å². The van der Waals surface area contributed by atoms with E-state index < -0.39 is 0 Å². The summed E-state index contributed by atoms with van der Waals surface area (Å²) >= 11 is 0. The minimum absolute atomic E-state index is 0.0361. The van der Waals surface area contributed by atoms with E-state index in [1.165, 1.54) is 0 Å². The zero-order valence-corrected chi connectivity index (χ0v) is 18.5. The fourth-order valence-corrected chi connectivity index (χ4v) is 4.38. The number of para-hydroxylation sites is 1. The lowest BCUT2D eigenvalue weighted by atomic mass is 10.0. The van der Waals surface area contributed by atoms with Crippen LogP contribution in [0.4, 0.5) is 0 Å². The van der Waals surface area contributed by atoms with Gasteiger partial charge in [-0.05, 0) is 24.3 Å². The van der Waals surface area contributed by atoms with Crippen molar-refractivity contribution >= 4 is 22.7 Å². The number of aromatic nitrogens is 2. The summed E-state index contributed by atoms with van der Waals surface area (Å²) in [5.74, 6) is 0.0851. The monoisotopic (exact) mass is 445 g/mol. The smallest absolute Gasteiger partial charge is 0.254 e. The summed E-state index contributed by atoms with van der Waals surface area (Å²) in [4.78, 5) is 41.2. The van der Waals surface area contributed by atoms with Crippen molar-refractivity contribution in [2.24, 2.45) is 0 Å². The number of pyridine rings is 2. The van der Waals surface area contributed by atoms with Crippen LogP contribution in [0.5, 0.6) is 0 Å². The van der Waals surface area contributed by atoms with E-state index in [0.29, 0.717) is 57.2 Å². The fraction of sp³-hybridized carbons (Fsp3) is 0.360. The minimum atomic E-state index is -0.0361. The molecule has 0 radical (unpaired) electrons. The van der Waals surface area contributed by atoms with Crippen molar-refractivity contribution in [1.29, 1.82) is 0 Å². The van der Waals surface area contributed by atoms with Crippen molar-refractivity contribution in [2.75, 3.05) is 59.0 Å². The van der Waals surface area contributed by atoms with Crippen molar-refractivity contribution < 1.29 is 14.3 Å². The van der Waals surface area contributed by atoms with Gasteiger partial charge in [-0.1, -0.05) is 24.3 Å². The van der Waals surface area contributed by atoms with Crippen molar-refractivity contribution in [2.45, 2.75) is 0 Å². The zero-order chi connectivity index (χ0) is 22.6. The molecule has 4 heterocycles. The fourth-order valence-electron chi connectivity index (χ4n) is 4.38. The Morgan fingerprint density at radius 1 is 0.848 bits per heavy atom. The summed E-state index contributed by atoms with van der Waals surface area (Å²) in [6, 6.07) is 15.2. The third-order valence-electron chi connectivity index (χ3n) is 6.26. The molecule has 0 spiro atoms. The Morgan fingerprint density at radius 2 is 1.58 bits per heavy atom. The van der Waals surface area contributed by atoms with Crippen molar-refractivity contribution in [1.82, 2.24) is 24.7 Å². The predicted molar refractivity (Wildman–Crippen MR) is 125 cm³/mol. The first kappa shape index (κ1) is 21.5. The molecule has 2 aromatic heterocycles. The molecule has 33 heavy (non-hydrogen) atoms. The van der Waals surface area contributed by atoms with E-state index in [2.05, 4.69) is 9.88 Å². The van der Waals surface area contributed by atoms with E-state index in [4.69, 9.17) is 9.72 Å². The van der Waals surface area contributed by atoms with Gasteiger partial charge in [0.25, 0.3) is 5.91 Å². The van der Waals surface area contributed by atoms with Gasteiger partial charge in [-0.2, -0.15) is 0 Å². The number of rotatable bonds is 4. The van der Waals surface area contributed by atoms with Crippen LogP contribution >= 0.6 is 0 Å². The standard InChI is InChI=1S/C25H27N5O3/c31-24(18-28-13-15-33-16-14-28)29-9-11-30(12-10-29)25(32)20-17-23(22-7-3-4-8-26-22)27-21-6-2-1-5-19(20)21/h1-8,17H,9-16,18H2. The molecule has 2 fully saturated rings. The number of carbonyl (C=O) groups is 2. The van der Waals surface area contributed by atoms with Crippen LogP contribution in [0.1, 0.15) is 10.4 Å². The molecule has 8 heteroatoms. The lowest BCUT2D eigenvalue weighted by Crippen LogP contribution is -2.53. The van der Waals surface area contributed by atoms with Crippen LogP contribution in [0.15, 0.2) is 54.7 Å². The summed E-state index contributed by atoms with van der Waals surface area (Å²) in [5.41, 5.74) is 2.80. The number of hydrogen-bond acceptors (Lipinski definition) is 6. The first-order valence-electron chi connectivity index (χ1n) is 11.4. The number of ether oxygens (including phenoxy) is 1. The summed E-state index contributed by atoms with van der Waals surface area (Å²) in [5, 5.41) is 0.827. The maximum Gasteiger partial charge on any atom is 0.254 e. The number of piperazine rings is 1. The molecule has 1 aromatic carbocycles. The van der Waals surface area contributed by atoms with Gasteiger partial charge in [0.05, 0.1) is 42.2 Å². The van der Waals surface area contributed by atoms with Gasteiger partial charge in [-0.3, -0.25) is 19.5 Å². The van der Waals surface area contributed by atoms with Gasteiger partial charge >= 0.3 is 0 Å². The highest BCUT2D eigenvalue weighted by molar-refractivity contribution is 6.07. The predicted octanol–water partition coefficient (Wildman–Crippen LogP) is 1.91. The molecule has 170 valence electrons. The molecule has 2 aliphatic rings. The van der Waals surface area contributed by atoms with E-state index in [9.17, 15) is 9.59 Å². The normalized spacial score (nSPS) is 17.3. The second-order valence-electron chi connectivity index (χ2n) is 8.35. The molecule has 8 nitrogen and oxygen atoms in total. The third-order valence-corrected chi connectivity index (χ3v) is 6.26. The quantitative estimate of drug-likeness (QED) is 0.611. The Balaban J connectivity index is 1.32. The topological polar surface area (TPSA) is 78.9 Å². The highest BCUT2D eigenvalue weighted by Gasteiger charge is 2.27. The molecule has 3 aromatic rings.